The molecule has 152 valence electrons. The molecule has 0 atom stereocenters. The Morgan fingerprint density at radius 3 is 2.27 bits per heavy atom. The Morgan fingerprint density at radius 2 is 1.60 bits per heavy atom. The van der Waals surface area contributed by atoms with Crippen LogP contribution in [-0.2, 0) is 31.4 Å². The molecule has 0 saturated heterocycles. The van der Waals surface area contributed by atoms with Gasteiger partial charge in [-0.25, -0.2) is 9.59 Å². The van der Waals surface area contributed by atoms with Crippen molar-refractivity contribution in [3.8, 4) is 0 Å². The van der Waals surface area contributed by atoms with Gasteiger partial charge in [0.15, 0.2) is 0 Å². The maximum atomic E-state index is 12.9. The molecule has 0 fully saturated rings. The number of hydrogen-bond acceptors (Lipinski definition) is 5. The van der Waals surface area contributed by atoms with E-state index in [0.29, 0.717) is 21.5 Å². The van der Waals surface area contributed by atoms with E-state index in [1.807, 2.05) is 60.7 Å². The van der Waals surface area contributed by atoms with Crippen molar-refractivity contribution >= 4 is 27.5 Å². The summed E-state index contributed by atoms with van der Waals surface area (Å²) in [6.07, 6.45) is 0.567. The van der Waals surface area contributed by atoms with E-state index in [1.165, 1.54) is 15.2 Å². The minimum Gasteiger partial charge on any atom is -0.457 e. The number of aromatic nitrogens is 2. The number of carbonyl (C=O) groups excluding carboxylic acids is 1. The van der Waals surface area contributed by atoms with Crippen LogP contribution < -0.4 is 11.2 Å². The van der Waals surface area contributed by atoms with Crippen molar-refractivity contribution in [2.45, 2.75) is 19.6 Å². The van der Waals surface area contributed by atoms with Crippen LogP contribution in [0.15, 0.2) is 76.3 Å². The van der Waals surface area contributed by atoms with E-state index >= 15 is 0 Å². The van der Waals surface area contributed by atoms with Crippen molar-refractivity contribution < 1.29 is 9.53 Å². The van der Waals surface area contributed by atoms with Crippen molar-refractivity contribution in [3.05, 3.63) is 104 Å². The third-order valence-electron chi connectivity index (χ3n) is 4.89. The second kappa shape index (κ2) is 8.51. The summed E-state index contributed by atoms with van der Waals surface area (Å²) in [5, 5.41) is 0.349. The molecule has 0 spiro atoms. The van der Waals surface area contributed by atoms with Gasteiger partial charge in [-0.05, 0) is 23.6 Å². The molecule has 6 nitrogen and oxygen atoms in total. The lowest BCUT2D eigenvalue weighted by molar-refractivity contribution is 0.0478. The van der Waals surface area contributed by atoms with Crippen LogP contribution in [0.3, 0.4) is 0 Å². The minimum absolute atomic E-state index is 0.147. The first-order valence-electron chi connectivity index (χ1n) is 9.53. The maximum absolute atomic E-state index is 12.9. The first-order chi connectivity index (χ1) is 14.5. The molecule has 4 aromatic rings. The van der Waals surface area contributed by atoms with Gasteiger partial charge in [-0.1, -0.05) is 60.7 Å². The summed E-state index contributed by atoms with van der Waals surface area (Å²) in [5.41, 5.74) is 1.14. The van der Waals surface area contributed by atoms with Gasteiger partial charge in [-0.15, -0.1) is 11.3 Å². The lowest BCUT2D eigenvalue weighted by Gasteiger charge is -2.08. The molecule has 2 aromatic carbocycles. The average molecular weight is 420 g/mol. The summed E-state index contributed by atoms with van der Waals surface area (Å²) >= 11 is 1.09. The highest BCUT2D eigenvalue weighted by Crippen LogP contribution is 2.23. The third-order valence-corrected chi connectivity index (χ3v) is 6.08. The molecular weight excluding hydrogens is 400 g/mol. The quantitative estimate of drug-likeness (QED) is 0.449. The van der Waals surface area contributed by atoms with Crippen molar-refractivity contribution in [1.29, 1.82) is 0 Å². The Hall–Kier alpha value is -3.45. The topological polar surface area (TPSA) is 70.3 Å². The van der Waals surface area contributed by atoms with Crippen LogP contribution in [-0.4, -0.2) is 15.1 Å². The van der Waals surface area contributed by atoms with Crippen LogP contribution in [0.5, 0.6) is 0 Å². The monoisotopic (exact) mass is 420 g/mol. The summed E-state index contributed by atoms with van der Waals surface area (Å²) in [7, 11) is 1.61. The fraction of sp³-hybridized carbons (Fsp3) is 0.174. The molecule has 4 rings (SSSR count). The Morgan fingerprint density at radius 1 is 0.967 bits per heavy atom. The molecular formula is C23H20N2O4S. The SMILES string of the molecule is Cn1c(=O)n(CCc2ccccc2)c(=O)c2cc(C(=O)OCc3ccccc3)sc21. The first-order valence-corrected chi connectivity index (χ1v) is 10.3. The van der Waals surface area contributed by atoms with Gasteiger partial charge in [0, 0.05) is 13.6 Å². The summed E-state index contributed by atoms with van der Waals surface area (Å²) in [6.45, 7) is 0.420. The van der Waals surface area contributed by atoms with E-state index in [0.717, 1.165) is 22.5 Å². The number of hydrogen-bond donors (Lipinski definition) is 0. The highest BCUT2D eigenvalue weighted by atomic mass is 32.1. The summed E-state index contributed by atoms with van der Waals surface area (Å²) < 4.78 is 8.00. The molecule has 0 saturated carbocycles. The van der Waals surface area contributed by atoms with E-state index in [-0.39, 0.29) is 18.7 Å². The second-order valence-corrected chi connectivity index (χ2v) is 7.96. The fourth-order valence-corrected chi connectivity index (χ4v) is 4.26. The van der Waals surface area contributed by atoms with Crippen LogP contribution in [0.25, 0.3) is 10.2 Å². The van der Waals surface area contributed by atoms with E-state index in [1.54, 1.807) is 7.05 Å². The number of thiophene rings is 1. The zero-order valence-corrected chi connectivity index (χ0v) is 17.2. The van der Waals surface area contributed by atoms with E-state index in [2.05, 4.69) is 0 Å². The Balaban J connectivity index is 1.61. The zero-order chi connectivity index (χ0) is 21.1. The van der Waals surface area contributed by atoms with Crippen molar-refractivity contribution in [1.82, 2.24) is 9.13 Å². The fourth-order valence-electron chi connectivity index (χ4n) is 3.26. The minimum atomic E-state index is -0.511. The molecule has 7 heteroatoms. The molecule has 0 N–H and O–H groups in total. The molecule has 0 amide bonds. The van der Waals surface area contributed by atoms with Crippen molar-refractivity contribution in [3.63, 3.8) is 0 Å². The first kappa shape index (κ1) is 19.8. The normalized spacial score (nSPS) is 11.0. The lowest BCUT2D eigenvalue weighted by atomic mass is 10.1. The van der Waals surface area contributed by atoms with Crippen molar-refractivity contribution in [2.75, 3.05) is 0 Å². The van der Waals surface area contributed by atoms with E-state index in [4.69, 9.17) is 4.74 Å². The summed E-state index contributed by atoms with van der Waals surface area (Å²) in [4.78, 5) is 38.9. The molecule has 0 aliphatic heterocycles. The van der Waals surface area contributed by atoms with Gasteiger partial charge in [0.25, 0.3) is 5.56 Å². The highest BCUT2D eigenvalue weighted by molar-refractivity contribution is 7.20. The standard InChI is InChI=1S/C23H20N2O4S/c1-24-21-18(14-19(30-21)22(27)29-15-17-10-6-3-7-11-17)20(26)25(23(24)28)13-12-16-8-4-2-5-9-16/h2-11,14H,12-13,15H2,1H3. The number of nitrogens with zero attached hydrogens (tertiary/aromatic N) is 2. The number of benzene rings is 2. The molecule has 30 heavy (non-hydrogen) atoms. The summed E-state index contributed by atoms with van der Waals surface area (Å²) in [6, 6.07) is 20.6. The largest absolute Gasteiger partial charge is 0.457 e. The van der Waals surface area contributed by atoms with Crippen LogP contribution >= 0.6 is 11.3 Å². The van der Waals surface area contributed by atoms with Gasteiger partial charge in [-0.2, -0.15) is 0 Å². The van der Waals surface area contributed by atoms with Gasteiger partial charge in [0.1, 0.15) is 16.3 Å². The number of fused-ring (bicyclic) bond motifs is 1. The Bertz CT molecular complexity index is 1300. The third kappa shape index (κ3) is 3.97. The number of carbonyl (C=O) groups is 1. The van der Waals surface area contributed by atoms with Crippen LogP contribution in [0.4, 0.5) is 0 Å². The molecule has 0 bridgehead atoms. The van der Waals surface area contributed by atoms with Gasteiger partial charge in [0.05, 0.1) is 5.39 Å². The lowest BCUT2D eigenvalue weighted by Crippen LogP contribution is -2.39. The molecule has 0 radical (unpaired) electrons. The zero-order valence-electron chi connectivity index (χ0n) is 16.4. The Labute approximate surface area is 176 Å². The number of ether oxygens (including phenoxy) is 1. The van der Waals surface area contributed by atoms with Gasteiger partial charge >= 0.3 is 11.7 Å². The second-order valence-electron chi connectivity index (χ2n) is 6.93. The molecule has 0 aliphatic carbocycles. The van der Waals surface area contributed by atoms with Gasteiger partial charge < -0.3 is 4.74 Å². The molecule has 0 aliphatic rings. The van der Waals surface area contributed by atoms with Crippen LogP contribution in [0.2, 0.25) is 0 Å². The number of rotatable bonds is 6. The number of esters is 1. The van der Waals surface area contributed by atoms with Crippen molar-refractivity contribution in [2.24, 2.45) is 7.05 Å². The number of aryl methyl sites for hydroxylation is 2. The molecule has 2 aromatic heterocycles. The highest BCUT2D eigenvalue weighted by Gasteiger charge is 2.18. The molecule has 2 heterocycles. The van der Waals surface area contributed by atoms with Crippen LogP contribution in [0, 0.1) is 0 Å². The Kier molecular flexibility index (Phi) is 5.63. The predicted octanol–water partition coefficient (Wildman–Crippen LogP) is 3.36. The van der Waals surface area contributed by atoms with E-state index in [9.17, 15) is 14.4 Å². The predicted molar refractivity (Wildman–Crippen MR) is 117 cm³/mol. The van der Waals surface area contributed by atoms with Gasteiger partial charge in [0.2, 0.25) is 0 Å². The maximum Gasteiger partial charge on any atom is 0.348 e. The van der Waals surface area contributed by atoms with Gasteiger partial charge in [-0.3, -0.25) is 13.9 Å². The van der Waals surface area contributed by atoms with Crippen LogP contribution in [0.1, 0.15) is 20.8 Å². The smallest absolute Gasteiger partial charge is 0.348 e. The summed E-state index contributed by atoms with van der Waals surface area (Å²) in [5.74, 6) is -0.511. The average Bonchev–Trinajstić information content (AvgIpc) is 3.23. The van der Waals surface area contributed by atoms with E-state index < -0.39 is 11.7 Å². The molecule has 0 unspecified atom stereocenters.